The third-order valence-corrected chi connectivity index (χ3v) is 7.41. The highest BCUT2D eigenvalue weighted by atomic mass is 32.1. The number of rotatable bonds is 10. The first-order valence-electron chi connectivity index (χ1n) is 12.0. The zero-order valence-electron chi connectivity index (χ0n) is 20.3. The number of hydrogen-bond donors (Lipinski definition) is 4. The first-order chi connectivity index (χ1) is 17.9. The number of aliphatic hydroxyl groups excluding tert-OH is 1. The summed E-state index contributed by atoms with van der Waals surface area (Å²) in [7, 11) is 1.36. The summed E-state index contributed by atoms with van der Waals surface area (Å²) < 4.78 is 24.4. The Balaban J connectivity index is 1.32. The van der Waals surface area contributed by atoms with Crippen LogP contribution in [0.15, 0.2) is 28.4 Å². The van der Waals surface area contributed by atoms with E-state index in [0.29, 0.717) is 33.9 Å². The Kier molecular flexibility index (Phi) is 8.85. The monoisotopic (exact) mass is 532 g/mol. The predicted molar refractivity (Wildman–Crippen MR) is 135 cm³/mol. The lowest BCUT2D eigenvalue weighted by molar-refractivity contribution is -0.127. The van der Waals surface area contributed by atoms with E-state index in [2.05, 4.69) is 20.6 Å². The first-order valence-corrected chi connectivity index (χ1v) is 12.8. The number of ether oxygens (including phenoxy) is 2. The molecule has 198 valence electrons. The quantitative estimate of drug-likeness (QED) is 0.294. The Morgan fingerprint density at radius 3 is 2.76 bits per heavy atom. The third kappa shape index (κ3) is 6.51. The number of aromatic nitrogens is 2. The van der Waals surface area contributed by atoms with Crippen molar-refractivity contribution in [1.82, 2.24) is 20.6 Å². The fourth-order valence-corrected chi connectivity index (χ4v) is 5.38. The molecule has 4 rings (SSSR count). The molecule has 0 radical (unpaired) electrons. The van der Waals surface area contributed by atoms with Gasteiger partial charge in [-0.3, -0.25) is 14.4 Å². The van der Waals surface area contributed by atoms with Crippen molar-refractivity contribution >= 4 is 33.4 Å². The molecule has 0 unspecified atom stereocenters. The van der Waals surface area contributed by atoms with E-state index in [-0.39, 0.29) is 43.3 Å². The molecule has 1 saturated carbocycles. The molecule has 1 aliphatic carbocycles. The van der Waals surface area contributed by atoms with Crippen LogP contribution in [0.5, 0.6) is 5.75 Å². The summed E-state index contributed by atoms with van der Waals surface area (Å²) in [6.07, 6.45) is 3.23. The van der Waals surface area contributed by atoms with Gasteiger partial charge in [0.05, 0.1) is 19.1 Å². The fraction of sp³-hybridized carbons (Fsp3) is 0.440. The summed E-state index contributed by atoms with van der Waals surface area (Å²) in [5, 5.41) is 16.2. The molecule has 2 amide bonds. The van der Waals surface area contributed by atoms with Crippen molar-refractivity contribution in [3.05, 3.63) is 56.7 Å². The number of benzene rings is 1. The lowest BCUT2D eigenvalue weighted by atomic mass is 9.82. The Bertz CT molecular complexity index is 1320. The van der Waals surface area contributed by atoms with Crippen LogP contribution in [0.2, 0.25) is 0 Å². The van der Waals surface area contributed by atoms with E-state index in [9.17, 15) is 18.8 Å². The number of thiophene rings is 1. The number of carbonyl (C=O) groups excluding carboxylic acids is 2. The summed E-state index contributed by atoms with van der Waals surface area (Å²) in [5.41, 5.74) is 0.913. The molecule has 10 nitrogen and oxygen atoms in total. The maximum Gasteiger partial charge on any atom is 0.287 e. The van der Waals surface area contributed by atoms with Crippen molar-refractivity contribution in [1.29, 1.82) is 0 Å². The zero-order chi connectivity index (χ0) is 26.4. The van der Waals surface area contributed by atoms with E-state index in [0.717, 1.165) is 25.7 Å². The van der Waals surface area contributed by atoms with Gasteiger partial charge in [-0.1, -0.05) is 6.07 Å². The highest BCUT2D eigenvalue weighted by molar-refractivity contribution is 7.16. The molecule has 1 aromatic carbocycles. The Morgan fingerprint density at radius 2 is 2.03 bits per heavy atom. The number of halogens is 1. The molecule has 1 fully saturated rings. The van der Waals surface area contributed by atoms with Gasteiger partial charge in [-0.15, -0.1) is 11.3 Å². The number of aromatic amines is 1. The van der Waals surface area contributed by atoms with Gasteiger partial charge in [0, 0.05) is 24.6 Å². The van der Waals surface area contributed by atoms with Crippen LogP contribution in [0.3, 0.4) is 0 Å². The van der Waals surface area contributed by atoms with Crippen LogP contribution in [0.1, 0.15) is 47.4 Å². The van der Waals surface area contributed by atoms with Gasteiger partial charge in [0.15, 0.2) is 11.6 Å². The van der Waals surface area contributed by atoms with E-state index < -0.39 is 17.3 Å². The molecule has 0 aliphatic heterocycles. The molecule has 12 heteroatoms. The minimum Gasteiger partial charge on any atom is -0.494 e. The number of hydrogen-bond acceptors (Lipinski definition) is 8. The number of methoxy groups -OCH3 is 1. The molecule has 2 aromatic heterocycles. The van der Waals surface area contributed by atoms with Crippen molar-refractivity contribution in [2.45, 2.75) is 38.8 Å². The minimum absolute atomic E-state index is 0.0706. The Labute approximate surface area is 216 Å². The second kappa shape index (κ2) is 12.3. The van der Waals surface area contributed by atoms with Crippen molar-refractivity contribution < 1.29 is 28.6 Å². The van der Waals surface area contributed by atoms with E-state index in [1.54, 1.807) is 5.38 Å². The number of nitrogens with zero attached hydrogens (tertiary/aromatic N) is 1. The summed E-state index contributed by atoms with van der Waals surface area (Å²) in [6.45, 7) is 0.524. The fourth-order valence-electron chi connectivity index (χ4n) is 4.45. The van der Waals surface area contributed by atoms with Gasteiger partial charge in [-0.05, 0) is 54.7 Å². The Hall–Kier alpha value is -3.35. The van der Waals surface area contributed by atoms with Crippen molar-refractivity contribution in [3.63, 3.8) is 0 Å². The van der Waals surface area contributed by atoms with E-state index in [1.807, 2.05) is 0 Å². The van der Waals surface area contributed by atoms with E-state index in [4.69, 9.17) is 14.6 Å². The average Bonchev–Trinajstić information content (AvgIpc) is 3.32. The van der Waals surface area contributed by atoms with Crippen molar-refractivity contribution in [3.8, 4) is 5.75 Å². The Morgan fingerprint density at radius 1 is 1.24 bits per heavy atom. The number of nitrogens with one attached hydrogen (secondary N) is 3. The molecule has 0 bridgehead atoms. The van der Waals surface area contributed by atoms with Crippen LogP contribution in [-0.4, -0.2) is 47.3 Å². The van der Waals surface area contributed by atoms with Crippen LogP contribution >= 0.6 is 11.3 Å². The number of H-pyrrole nitrogens is 1. The van der Waals surface area contributed by atoms with Crippen molar-refractivity contribution in [2.24, 2.45) is 11.8 Å². The van der Waals surface area contributed by atoms with Gasteiger partial charge < -0.3 is 30.2 Å². The molecule has 0 spiro atoms. The molecule has 0 saturated heterocycles. The predicted octanol–water partition coefficient (Wildman–Crippen LogP) is 2.45. The van der Waals surface area contributed by atoms with Gasteiger partial charge in [-0.25, -0.2) is 9.37 Å². The highest BCUT2D eigenvalue weighted by Gasteiger charge is 2.26. The van der Waals surface area contributed by atoms with Gasteiger partial charge >= 0.3 is 0 Å². The van der Waals surface area contributed by atoms with E-state index in [1.165, 1.54) is 36.6 Å². The standard InChI is InChI=1S/C25H29FN4O6S/c1-35-19-8-15(4-7-18(19)26)9-27-24(34)21-29-23(33)20-17(12-37-25(20)30-21)11-36-10-14-2-5-16(6-3-14)22(32)28-13-31/h4,7-8,12,14,16,31H,2-3,5-6,9-11,13H2,1H3,(H,27,34)(H,28,32)(H,29,30,33). The molecule has 1 aliphatic rings. The highest BCUT2D eigenvalue weighted by Crippen LogP contribution is 2.30. The maximum absolute atomic E-state index is 13.6. The number of aliphatic hydroxyl groups is 1. The zero-order valence-corrected chi connectivity index (χ0v) is 21.2. The summed E-state index contributed by atoms with van der Waals surface area (Å²) in [4.78, 5) is 44.5. The van der Waals surface area contributed by atoms with Crippen LogP contribution in [0.4, 0.5) is 4.39 Å². The lowest BCUT2D eigenvalue weighted by Crippen LogP contribution is -2.34. The van der Waals surface area contributed by atoms with Gasteiger partial charge in [-0.2, -0.15) is 0 Å². The number of amides is 2. The SMILES string of the molecule is COc1cc(CNC(=O)c2nc3scc(COCC4CCC(C(=O)NCO)CC4)c3c(=O)[nH]2)ccc1F. The second-order valence-corrected chi connectivity index (χ2v) is 9.80. The first kappa shape index (κ1) is 26.7. The molecule has 2 heterocycles. The summed E-state index contributed by atoms with van der Waals surface area (Å²) in [6, 6.07) is 4.27. The molecular weight excluding hydrogens is 503 g/mol. The number of fused-ring (bicyclic) bond motifs is 1. The normalized spacial score (nSPS) is 17.5. The molecule has 37 heavy (non-hydrogen) atoms. The average molecular weight is 533 g/mol. The van der Waals surface area contributed by atoms with Crippen LogP contribution in [0, 0.1) is 17.7 Å². The molecule has 3 aromatic rings. The summed E-state index contributed by atoms with van der Waals surface area (Å²) >= 11 is 1.26. The summed E-state index contributed by atoms with van der Waals surface area (Å²) in [5.74, 6) is -0.940. The topological polar surface area (TPSA) is 143 Å². The number of carbonyl (C=O) groups is 2. The molecule has 4 N–H and O–H groups in total. The van der Waals surface area contributed by atoms with E-state index >= 15 is 0 Å². The lowest BCUT2D eigenvalue weighted by Gasteiger charge is -2.27. The van der Waals surface area contributed by atoms with Crippen LogP contribution in [0.25, 0.3) is 10.2 Å². The largest absolute Gasteiger partial charge is 0.494 e. The maximum atomic E-state index is 13.6. The molecule has 0 atom stereocenters. The molecular formula is C25H29FN4O6S. The van der Waals surface area contributed by atoms with Gasteiger partial charge in [0.1, 0.15) is 11.6 Å². The van der Waals surface area contributed by atoms with Gasteiger partial charge in [0.2, 0.25) is 11.7 Å². The third-order valence-electron chi connectivity index (χ3n) is 6.49. The van der Waals surface area contributed by atoms with Crippen molar-refractivity contribution in [2.75, 3.05) is 20.4 Å². The smallest absolute Gasteiger partial charge is 0.287 e. The van der Waals surface area contributed by atoms with Crippen LogP contribution < -0.4 is 20.9 Å². The van der Waals surface area contributed by atoms with Crippen LogP contribution in [-0.2, 0) is 22.7 Å². The second-order valence-electron chi connectivity index (χ2n) is 8.94. The van der Waals surface area contributed by atoms with Gasteiger partial charge in [0.25, 0.3) is 11.5 Å². The minimum atomic E-state index is -0.559.